The highest BCUT2D eigenvalue weighted by Crippen LogP contribution is 2.34. The number of rotatable bonds is 3. The molecule has 0 unspecified atom stereocenters. The summed E-state index contributed by atoms with van der Waals surface area (Å²) in [5.41, 5.74) is -0.903. The Bertz CT molecular complexity index is 614. The summed E-state index contributed by atoms with van der Waals surface area (Å²) in [4.78, 5) is 16.8. The van der Waals surface area contributed by atoms with Crippen molar-refractivity contribution in [2.24, 2.45) is 0 Å². The first kappa shape index (κ1) is 16.4. The van der Waals surface area contributed by atoms with Crippen LogP contribution in [0.3, 0.4) is 0 Å². The van der Waals surface area contributed by atoms with Gasteiger partial charge in [-0.15, -0.1) is 0 Å². The first-order chi connectivity index (χ1) is 10.3. The van der Waals surface area contributed by atoms with Crippen molar-refractivity contribution >= 4 is 23.3 Å². The lowest BCUT2D eigenvalue weighted by atomic mass is 10.2. The average molecular weight is 333 g/mol. The van der Waals surface area contributed by atoms with Crippen molar-refractivity contribution in [1.82, 2.24) is 10.3 Å². The van der Waals surface area contributed by atoms with E-state index in [2.05, 4.69) is 10.3 Å². The largest absolute Gasteiger partial charge is 0.417 e. The summed E-state index contributed by atoms with van der Waals surface area (Å²) in [7, 11) is 0. The SMILES string of the molecule is N#CCC(=O)N[C@H]1CCN(c2ncc(C(F)(F)F)cc2Cl)C1. The maximum Gasteiger partial charge on any atom is 0.417 e. The molecule has 1 aromatic rings. The molecule has 0 spiro atoms. The highest BCUT2D eigenvalue weighted by molar-refractivity contribution is 6.33. The van der Waals surface area contributed by atoms with Gasteiger partial charge in [0.1, 0.15) is 12.2 Å². The summed E-state index contributed by atoms with van der Waals surface area (Å²) in [6, 6.07) is 2.41. The lowest BCUT2D eigenvalue weighted by Gasteiger charge is -2.19. The average Bonchev–Trinajstić information content (AvgIpc) is 2.86. The van der Waals surface area contributed by atoms with Crippen molar-refractivity contribution in [1.29, 1.82) is 5.26 Å². The van der Waals surface area contributed by atoms with Gasteiger partial charge >= 0.3 is 6.18 Å². The van der Waals surface area contributed by atoms with Crippen LogP contribution < -0.4 is 10.2 Å². The van der Waals surface area contributed by atoms with Crippen molar-refractivity contribution < 1.29 is 18.0 Å². The van der Waals surface area contributed by atoms with Gasteiger partial charge in [0.25, 0.3) is 0 Å². The van der Waals surface area contributed by atoms with Gasteiger partial charge in [0.15, 0.2) is 0 Å². The lowest BCUT2D eigenvalue weighted by Crippen LogP contribution is -2.37. The number of alkyl halides is 3. The molecule has 1 N–H and O–H groups in total. The summed E-state index contributed by atoms with van der Waals surface area (Å²) < 4.78 is 37.7. The Morgan fingerprint density at radius 2 is 2.32 bits per heavy atom. The number of amides is 1. The van der Waals surface area contributed by atoms with Crippen LogP contribution in [-0.2, 0) is 11.0 Å². The predicted molar refractivity (Wildman–Crippen MR) is 73.2 cm³/mol. The Morgan fingerprint density at radius 3 is 2.91 bits per heavy atom. The van der Waals surface area contributed by atoms with E-state index in [1.807, 2.05) is 0 Å². The number of hydrogen-bond donors (Lipinski definition) is 1. The molecule has 0 aromatic carbocycles. The predicted octanol–water partition coefficient (Wildman–Crippen LogP) is 2.36. The Kier molecular flexibility index (Phi) is 4.76. The summed E-state index contributed by atoms with van der Waals surface area (Å²) in [5, 5.41) is 11.0. The van der Waals surface area contributed by atoms with Gasteiger partial charge in [-0.2, -0.15) is 18.4 Å². The maximum atomic E-state index is 12.6. The number of carbonyl (C=O) groups excluding carboxylic acids is 1. The number of anilines is 1. The van der Waals surface area contributed by atoms with Crippen molar-refractivity contribution in [2.75, 3.05) is 18.0 Å². The lowest BCUT2D eigenvalue weighted by molar-refractivity contribution is -0.137. The molecule has 2 rings (SSSR count). The minimum Gasteiger partial charge on any atom is -0.353 e. The molecule has 0 saturated carbocycles. The molecule has 9 heteroatoms. The van der Waals surface area contributed by atoms with E-state index in [4.69, 9.17) is 16.9 Å². The molecule has 1 saturated heterocycles. The molecule has 1 aliphatic heterocycles. The molecule has 0 bridgehead atoms. The second kappa shape index (κ2) is 6.40. The first-order valence-electron chi connectivity index (χ1n) is 6.45. The Labute approximate surface area is 129 Å². The van der Waals surface area contributed by atoms with Crippen molar-refractivity contribution in [3.8, 4) is 6.07 Å². The number of aromatic nitrogens is 1. The normalized spacial score (nSPS) is 18.1. The minimum absolute atomic E-state index is 0.0844. The van der Waals surface area contributed by atoms with E-state index in [9.17, 15) is 18.0 Å². The van der Waals surface area contributed by atoms with Crippen molar-refractivity contribution in [3.05, 3.63) is 22.8 Å². The van der Waals surface area contributed by atoms with E-state index in [1.165, 1.54) is 0 Å². The third-order valence-corrected chi connectivity index (χ3v) is 3.52. The van der Waals surface area contributed by atoms with Crippen LogP contribution in [0.25, 0.3) is 0 Å². The Morgan fingerprint density at radius 1 is 1.59 bits per heavy atom. The van der Waals surface area contributed by atoms with Gasteiger partial charge in [0, 0.05) is 25.3 Å². The second-order valence-corrected chi connectivity index (χ2v) is 5.27. The molecule has 1 aliphatic rings. The number of hydrogen-bond acceptors (Lipinski definition) is 4. The van der Waals surface area contributed by atoms with Gasteiger partial charge in [0.05, 0.1) is 16.7 Å². The molecule has 1 amide bonds. The van der Waals surface area contributed by atoms with Crippen molar-refractivity contribution in [2.45, 2.75) is 25.1 Å². The Balaban J connectivity index is 2.05. The van der Waals surface area contributed by atoms with Crippen LogP contribution in [0, 0.1) is 11.3 Å². The van der Waals surface area contributed by atoms with Crippen LogP contribution in [0.4, 0.5) is 19.0 Å². The maximum absolute atomic E-state index is 12.6. The molecule has 0 radical (unpaired) electrons. The zero-order valence-corrected chi connectivity index (χ0v) is 12.1. The van der Waals surface area contributed by atoms with Crippen LogP contribution in [0.2, 0.25) is 5.02 Å². The van der Waals surface area contributed by atoms with E-state index in [1.54, 1.807) is 11.0 Å². The monoisotopic (exact) mass is 332 g/mol. The van der Waals surface area contributed by atoms with E-state index >= 15 is 0 Å². The van der Waals surface area contributed by atoms with Crippen LogP contribution in [0.15, 0.2) is 12.3 Å². The van der Waals surface area contributed by atoms with Gasteiger partial charge in [-0.05, 0) is 12.5 Å². The van der Waals surface area contributed by atoms with Gasteiger partial charge < -0.3 is 10.2 Å². The highest BCUT2D eigenvalue weighted by Gasteiger charge is 2.33. The Hall–Kier alpha value is -2.01. The van der Waals surface area contributed by atoms with Gasteiger partial charge in [-0.3, -0.25) is 4.79 Å². The molecule has 22 heavy (non-hydrogen) atoms. The molecule has 118 valence electrons. The number of nitriles is 1. The summed E-state index contributed by atoms with van der Waals surface area (Å²) in [5.74, 6) is -0.118. The number of pyridine rings is 1. The molecular weight excluding hydrogens is 321 g/mol. The fourth-order valence-electron chi connectivity index (χ4n) is 2.24. The van der Waals surface area contributed by atoms with Crippen LogP contribution >= 0.6 is 11.6 Å². The molecule has 1 fully saturated rings. The smallest absolute Gasteiger partial charge is 0.353 e. The zero-order chi connectivity index (χ0) is 16.3. The molecular formula is C13H12ClF3N4O. The fraction of sp³-hybridized carbons (Fsp3) is 0.462. The topological polar surface area (TPSA) is 69.0 Å². The number of halogens is 4. The number of nitrogens with one attached hydrogen (secondary N) is 1. The summed E-state index contributed by atoms with van der Waals surface area (Å²) in [6.45, 7) is 0.894. The first-order valence-corrected chi connectivity index (χ1v) is 6.83. The van der Waals surface area contributed by atoms with E-state index in [0.29, 0.717) is 19.5 Å². The third kappa shape index (κ3) is 3.80. The molecule has 1 atom stereocenters. The minimum atomic E-state index is -4.49. The van der Waals surface area contributed by atoms with Crippen LogP contribution in [0.1, 0.15) is 18.4 Å². The molecule has 1 aromatic heterocycles. The molecule has 0 aliphatic carbocycles. The fourth-order valence-corrected chi connectivity index (χ4v) is 2.53. The van der Waals surface area contributed by atoms with Gasteiger partial charge in [0.2, 0.25) is 5.91 Å². The van der Waals surface area contributed by atoms with Crippen molar-refractivity contribution in [3.63, 3.8) is 0 Å². The van der Waals surface area contributed by atoms with Crippen LogP contribution in [0.5, 0.6) is 0 Å². The van der Waals surface area contributed by atoms with E-state index in [0.717, 1.165) is 12.3 Å². The van der Waals surface area contributed by atoms with Gasteiger partial charge in [-0.1, -0.05) is 11.6 Å². The molecule has 5 nitrogen and oxygen atoms in total. The summed E-state index contributed by atoms with van der Waals surface area (Å²) >= 11 is 5.88. The summed E-state index contributed by atoms with van der Waals surface area (Å²) in [6.07, 6.45) is -3.37. The number of carbonyl (C=O) groups is 1. The third-order valence-electron chi connectivity index (χ3n) is 3.24. The van der Waals surface area contributed by atoms with E-state index < -0.39 is 11.7 Å². The highest BCUT2D eigenvalue weighted by atomic mass is 35.5. The standard InChI is InChI=1S/C13H12ClF3N4O/c14-10-5-8(13(15,16)17)6-19-12(10)21-4-2-9(7-21)20-11(22)1-3-18/h5-6,9H,1-2,4,7H2,(H,20,22)/t9-/m0/s1. The van der Waals surface area contributed by atoms with Gasteiger partial charge in [-0.25, -0.2) is 4.98 Å². The zero-order valence-electron chi connectivity index (χ0n) is 11.3. The molecule has 2 heterocycles. The van der Waals surface area contributed by atoms with Crippen LogP contribution in [-0.4, -0.2) is 30.0 Å². The quantitative estimate of drug-likeness (QED) is 0.922. The van der Waals surface area contributed by atoms with E-state index in [-0.39, 0.29) is 29.2 Å². The number of nitrogens with zero attached hydrogens (tertiary/aromatic N) is 3. The second-order valence-electron chi connectivity index (χ2n) is 4.86.